The van der Waals surface area contributed by atoms with E-state index in [2.05, 4.69) is 208 Å². The lowest BCUT2D eigenvalue weighted by molar-refractivity contribution is 0.660. The van der Waals surface area contributed by atoms with Gasteiger partial charge in [-0.3, -0.25) is 0 Å². The monoisotopic (exact) mass is 815 g/mol. The summed E-state index contributed by atoms with van der Waals surface area (Å²) in [7, 11) is 0. The van der Waals surface area contributed by atoms with Gasteiger partial charge < -0.3 is 8.82 Å². The van der Waals surface area contributed by atoms with Crippen molar-refractivity contribution in [3.63, 3.8) is 0 Å². The SMILES string of the molecule is CC1(C)c2ccccc2-c2ccc(-c3ccc4cc5c6cc7oc8ccccc8c7c7c8cc9ccc(-c%10ccc%11c(c%10)C(C)(C)c%10ccccc%10-%11)cc9cc8n(c5cc4c3)c67)cc21. The normalized spacial score (nSPS) is 14.8. The van der Waals surface area contributed by atoms with Crippen molar-refractivity contribution in [2.75, 3.05) is 0 Å². The Balaban J connectivity index is 0.959. The van der Waals surface area contributed by atoms with Gasteiger partial charge in [-0.25, -0.2) is 0 Å². The summed E-state index contributed by atoms with van der Waals surface area (Å²) in [6.07, 6.45) is 0. The number of furan rings is 1. The molecular weight excluding hydrogens is 775 g/mol. The molecule has 0 spiro atoms. The van der Waals surface area contributed by atoms with Crippen molar-refractivity contribution in [3.05, 3.63) is 198 Å². The van der Waals surface area contributed by atoms with Crippen LogP contribution < -0.4 is 0 Å². The molecule has 13 aromatic rings. The minimum Gasteiger partial charge on any atom is -0.456 e. The highest BCUT2D eigenvalue weighted by atomic mass is 16.3. The van der Waals surface area contributed by atoms with Gasteiger partial charge in [0.1, 0.15) is 11.2 Å². The Morgan fingerprint density at radius 1 is 0.344 bits per heavy atom. The quantitative estimate of drug-likeness (QED) is 0.170. The Morgan fingerprint density at radius 2 is 0.844 bits per heavy atom. The average molecular weight is 816 g/mol. The summed E-state index contributed by atoms with van der Waals surface area (Å²) in [5, 5.41) is 12.3. The maximum absolute atomic E-state index is 6.69. The predicted molar refractivity (Wildman–Crippen MR) is 269 cm³/mol. The average Bonchev–Trinajstić information content (AvgIpc) is 4.07. The molecule has 300 valence electrons. The maximum atomic E-state index is 6.69. The van der Waals surface area contributed by atoms with Gasteiger partial charge in [0, 0.05) is 43.1 Å². The van der Waals surface area contributed by atoms with E-state index in [1.807, 2.05) is 0 Å². The molecule has 2 heteroatoms. The lowest BCUT2D eigenvalue weighted by atomic mass is 9.81. The van der Waals surface area contributed by atoms with E-state index in [0.29, 0.717) is 0 Å². The number of hydrogen-bond donors (Lipinski definition) is 0. The van der Waals surface area contributed by atoms with Gasteiger partial charge >= 0.3 is 0 Å². The predicted octanol–water partition coefficient (Wildman–Crippen LogP) is 17.0. The zero-order valence-corrected chi connectivity index (χ0v) is 36.1. The Bertz CT molecular complexity index is 4250. The number of para-hydroxylation sites is 1. The molecule has 2 nitrogen and oxygen atoms in total. The van der Waals surface area contributed by atoms with Crippen LogP contribution in [-0.4, -0.2) is 4.40 Å². The van der Waals surface area contributed by atoms with Crippen LogP contribution in [-0.2, 0) is 10.8 Å². The summed E-state index contributed by atoms with van der Waals surface area (Å²) in [5.74, 6) is 0. The van der Waals surface area contributed by atoms with E-state index in [0.717, 1.165) is 16.6 Å². The zero-order chi connectivity index (χ0) is 42.4. The van der Waals surface area contributed by atoms with E-state index in [4.69, 9.17) is 4.42 Å². The Hall–Kier alpha value is -7.68. The third kappa shape index (κ3) is 4.31. The highest BCUT2D eigenvalue weighted by Gasteiger charge is 2.36. The minimum atomic E-state index is -0.0512. The van der Waals surface area contributed by atoms with E-state index >= 15 is 0 Å². The number of fused-ring (bicyclic) bond motifs is 18. The molecule has 0 radical (unpaired) electrons. The largest absolute Gasteiger partial charge is 0.456 e. The molecule has 0 saturated heterocycles. The van der Waals surface area contributed by atoms with Gasteiger partial charge in [0.2, 0.25) is 0 Å². The van der Waals surface area contributed by atoms with E-state index < -0.39 is 0 Å². The third-order valence-corrected chi connectivity index (χ3v) is 15.6. The summed E-state index contributed by atoms with van der Waals surface area (Å²) < 4.78 is 9.24. The molecule has 0 aliphatic heterocycles. The van der Waals surface area contributed by atoms with Gasteiger partial charge in [-0.2, -0.15) is 0 Å². The van der Waals surface area contributed by atoms with Crippen molar-refractivity contribution in [1.29, 1.82) is 0 Å². The van der Waals surface area contributed by atoms with E-state index in [1.54, 1.807) is 0 Å². The van der Waals surface area contributed by atoms with Gasteiger partial charge in [0.15, 0.2) is 0 Å². The van der Waals surface area contributed by atoms with Crippen LogP contribution in [0.5, 0.6) is 0 Å². The smallest absolute Gasteiger partial charge is 0.136 e. The van der Waals surface area contributed by atoms with E-state index in [1.165, 1.54) is 132 Å². The molecular formula is C62H41NO. The highest BCUT2D eigenvalue weighted by molar-refractivity contribution is 6.36. The molecule has 0 saturated carbocycles. The summed E-state index contributed by atoms with van der Waals surface area (Å²) in [4.78, 5) is 0. The molecule has 15 rings (SSSR count). The number of rotatable bonds is 2. The molecule has 0 N–H and O–H groups in total. The van der Waals surface area contributed by atoms with Gasteiger partial charge in [-0.05, 0) is 149 Å². The van der Waals surface area contributed by atoms with Crippen LogP contribution in [0.3, 0.4) is 0 Å². The summed E-state index contributed by atoms with van der Waals surface area (Å²) in [6, 6.07) is 66.5. The fraction of sp³-hybridized carbons (Fsp3) is 0.0968. The van der Waals surface area contributed by atoms with Crippen molar-refractivity contribution in [2.45, 2.75) is 38.5 Å². The lowest BCUT2D eigenvalue weighted by Gasteiger charge is -2.22. The highest BCUT2D eigenvalue weighted by Crippen LogP contribution is 2.52. The molecule has 2 aliphatic carbocycles. The maximum Gasteiger partial charge on any atom is 0.136 e. The van der Waals surface area contributed by atoms with Crippen molar-refractivity contribution in [3.8, 4) is 44.5 Å². The van der Waals surface area contributed by atoms with Gasteiger partial charge in [0.05, 0.1) is 16.6 Å². The van der Waals surface area contributed by atoms with Crippen LogP contribution in [0.1, 0.15) is 49.9 Å². The van der Waals surface area contributed by atoms with E-state index in [9.17, 15) is 0 Å². The molecule has 0 unspecified atom stereocenters. The lowest BCUT2D eigenvalue weighted by Crippen LogP contribution is -2.14. The summed E-state index contributed by atoms with van der Waals surface area (Å²) in [6.45, 7) is 9.45. The summed E-state index contributed by atoms with van der Waals surface area (Å²) >= 11 is 0. The number of nitrogens with zero attached hydrogens (tertiary/aromatic N) is 1. The minimum absolute atomic E-state index is 0.0493. The summed E-state index contributed by atoms with van der Waals surface area (Å²) in [5.41, 5.74) is 21.5. The zero-order valence-electron chi connectivity index (χ0n) is 36.1. The Morgan fingerprint density at radius 3 is 1.47 bits per heavy atom. The van der Waals surface area contributed by atoms with Crippen LogP contribution in [0, 0.1) is 0 Å². The van der Waals surface area contributed by atoms with Crippen molar-refractivity contribution in [1.82, 2.24) is 4.40 Å². The first-order chi connectivity index (χ1) is 31.2. The van der Waals surface area contributed by atoms with Crippen LogP contribution >= 0.6 is 0 Å². The number of benzene rings is 10. The number of aromatic nitrogens is 1. The van der Waals surface area contributed by atoms with E-state index in [-0.39, 0.29) is 10.8 Å². The molecule has 0 bridgehead atoms. The van der Waals surface area contributed by atoms with Crippen LogP contribution in [0.25, 0.3) is 126 Å². The van der Waals surface area contributed by atoms with Gasteiger partial charge in [-0.1, -0.05) is 143 Å². The molecule has 0 fully saturated rings. The first-order valence-corrected chi connectivity index (χ1v) is 22.7. The molecule has 64 heavy (non-hydrogen) atoms. The molecule has 2 aliphatic rings. The van der Waals surface area contributed by atoms with Gasteiger partial charge in [0.25, 0.3) is 0 Å². The van der Waals surface area contributed by atoms with Crippen molar-refractivity contribution >= 4 is 81.6 Å². The molecule has 3 heterocycles. The second kappa shape index (κ2) is 11.7. The fourth-order valence-corrected chi connectivity index (χ4v) is 12.4. The van der Waals surface area contributed by atoms with Crippen molar-refractivity contribution in [2.24, 2.45) is 0 Å². The fourth-order valence-electron chi connectivity index (χ4n) is 12.4. The Kier molecular flexibility index (Phi) is 6.35. The second-order valence-electron chi connectivity index (χ2n) is 19.7. The first kappa shape index (κ1) is 34.9. The van der Waals surface area contributed by atoms with Crippen LogP contribution in [0.2, 0.25) is 0 Å². The molecule has 3 aromatic heterocycles. The third-order valence-electron chi connectivity index (χ3n) is 15.6. The molecule has 0 atom stereocenters. The van der Waals surface area contributed by atoms with Crippen LogP contribution in [0.4, 0.5) is 0 Å². The standard InChI is InChI=1S/C62H41NO/c1-61(2)50-14-8-5-11-42(50)44-23-21-38(29-52(44)61)34-17-19-36-27-47-48-33-57-58(46-13-7-10-16-56(46)64-57)59-49-28-37-20-18-35(26-41(37)32-55(49)63(60(48)59)54(47)31-40(36)25-34)39-22-24-45-43-12-6-9-15-51(43)62(3,4)53(45)30-39/h5-33H,1-4H3. The van der Waals surface area contributed by atoms with Gasteiger partial charge in [-0.15, -0.1) is 0 Å². The number of hydrogen-bond acceptors (Lipinski definition) is 1. The first-order valence-electron chi connectivity index (χ1n) is 22.7. The van der Waals surface area contributed by atoms with Crippen molar-refractivity contribution < 1.29 is 4.42 Å². The second-order valence-corrected chi connectivity index (χ2v) is 19.7. The molecule has 0 amide bonds. The molecule has 10 aromatic carbocycles. The van der Waals surface area contributed by atoms with Crippen LogP contribution in [0.15, 0.2) is 180 Å². The Labute approximate surface area is 370 Å². The topological polar surface area (TPSA) is 17.6 Å².